The van der Waals surface area contributed by atoms with Gasteiger partial charge in [0.15, 0.2) is 0 Å². The summed E-state index contributed by atoms with van der Waals surface area (Å²) in [6, 6.07) is 15.2. The molecule has 118 valence electrons. The smallest absolute Gasteiger partial charge is 0.319 e. The number of benzene rings is 1. The van der Waals surface area contributed by atoms with Crippen molar-refractivity contribution in [2.45, 2.75) is 6.10 Å². The van der Waals surface area contributed by atoms with E-state index in [0.29, 0.717) is 0 Å². The Bertz CT molecular complexity index is 738. The van der Waals surface area contributed by atoms with Crippen molar-refractivity contribution in [1.82, 2.24) is 5.32 Å². The van der Waals surface area contributed by atoms with Crippen LogP contribution in [0.5, 0.6) is 0 Å². The van der Waals surface area contributed by atoms with E-state index in [2.05, 4.69) is 16.7 Å². The molecular weight excluding hydrogens is 328 g/mol. The van der Waals surface area contributed by atoms with Crippen LogP contribution in [0.1, 0.15) is 11.7 Å². The summed E-state index contributed by atoms with van der Waals surface area (Å²) >= 11 is 3.13. The van der Waals surface area contributed by atoms with Gasteiger partial charge in [-0.25, -0.2) is 4.79 Å². The fraction of sp³-hybridized carbons (Fsp3) is 0.118. The van der Waals surface area contributed by atoms with Crippen molar-refractivity contribution in [2.24, 2.45) is 0 Å². The van der Waals surface area contributed by atoms with Gasteiger partial charge in [-0.2, -0.15) is 0 Å². The lowest BCUT2D eigenvalue weighted by Crippen LogP contribution is -2.32. The summed E-state index contributed by atoms with van der Waals surface area (Å²) in [6.07, 6.45) is -0.735. The van der Waals surface area contributed by atoms with Gasteiger partial charge in [-0.15, -0.1) is 22.7 Å². The van der Waals surface area contributed by atoms with Gasteiger partial charge in [-0.1, -0.05) is 30.3 Å². The molecule has 0 aliphatic carbocycles. The number of hydrogen-bond acceptors (Lipinski definition) is 4. The molecule has 1 unspecified atom stereocenters. The summed E-state index contributed by atoms with van der Waals surface area (Å²) < 4.78 is 0. The van der Waals surface area contributed by atoms with E-state index >= 15 is 0 Å². The minimum atomic E-state index is -0.735. The number of hydrogen-bond donors (Lipinski definition) is 3. The highest BCUT2D eigenvalue weighted by molar-refractivity contribution is 7.14. The largest absolute Gasteiger partial charge is 0.387 e. The summed E-state index contributed by atoms with van der Waals surface area (Å²) in [4.78, 5) is 12.9. The first-order valence-corrected chi connectivity index (χ1v) is 8.88. The lowest BCUT2D eigenvalue weighted by molar-refractivity contribution is 0.175. The molecule has 0 saturated heterocycles. The third kappa shape index (κ3) is 4.19. The van der Waals surface area contributed by atoms with Gasteiger partial charge < -0.3 is 10.4 Å². The highest BCUT2D eigenvalue weighted by Crippen LogP contribution is 2.26. The van der Waals surface area contributed by atoms with Crippen LogP contribution in [-0.2, 0) is 0 Å². The second kappa shape index (κ2) is 7.41. The number of thiophene rings is 2. The van der Waals surface area contributed by atoms with E-state index < -0.39 is 6.10 Å². The Labute approximate surface area is 142 Å². The minimum absolute atomic E-state index is 0.162. The summed E-state index contributed by atoms with van der Waals surface area (Å²) in [5.41, 5.74) is 1.90. The highest BCUT2D eigenvalue weighted by atomic mass is 32.1. The van der Waals surface area contributed by atoms with Crippen molar-refractivity contribution in [3.8, 4) is 10.4 Å². The molecule has 2 amide bonds. The Morgan fingerprint density at radius 3 is 2.43 bits per heavy atom. The van der Waals surface area contributed by atoms with Crippen molar-refractivity contribution in [3.63, 3.8) is 0 Å². The van der Waals surface area contributed by atoms with Crippen molar-refractivity contribution in [3.05, 3.63) is 64.9 Å². The van der Waals surface area contributed by atoms with Gasteiger partial charge in [-0.3, -0.25) is 5.32 Å². The van der Waals surface area contributed by atoms with Gasteiger partial charge in [0.2, 0.25) is 0 Å². The van der Waals surface area contributed by atoms with E-state index in [0.717, 1.165) is 16.1 Å². The number of anilines is 1. The van der Waals surface area contributed by atoms with Gasteiger partial charge in [-0.05, 0) is 40.1 Å². The van der Waals surface area contributed by atoms with Gasteiger partial charge in [0.1, 0.15) is 0 Å². The van der Waals surface area contributed by atoms with Crippen molar-refractivity contribution >= 4 is 33.7 Å². The van der Waals surface area contributed by atoms with Crippen LogP contribution in [0.3, 0.4) is 0 Å². The van der Waals surface area contributed by atoms with Crippen molar-refractivity contribution in [1.29, 1.82) is 0 Å². The van der Waals surface area contributed by atoms with Crippen LogP contribution >= 0.6 is 22.7 Å². The molecule has 3 rings (SSSR count). The maximum Gasteiger partial charge on any atom is 0.319 e. The maximum absolute atomic E-state index is 11.7. The predicted octanol–water partition coefficient (Wildman–Crippen LogP) is 4.33. The van der Waals surface area contributed by atoms with Crippen LogP contribution in [0.25, 0.3) is 10.4 Å². The molecule has 3 aromatic rings. The van der Waals surface area contributed by atoms with Crippen LogP contribution < -0.4 is 10.6 Å². The molecule has 0 fully saturated rings. The molecule has 2 heterocycles. The molecule has 0 aliphatic heterocycles. The average molecular weight is 344 g/mol. The van der Waals surface area contributed by atoms with Crippen LogP contribution in [-0.4, -0.2) is 17.7 Å². The molecular formula is C17H16N2O2S2. The summed E-state index contributed by atoms with van der Waals surface area (Å²) in [7, 11) is 0. The van der Waals surface area contributed by atoms with Gasteiger partial charge in [0.25, 0.3) is 0 Å². The molecule has 2 aromatic heterocycles. The third-order valence-electron chi connectivity index (χ3n) is 3.32. The van der Waals surface area contributed by atoms with E-state index in [1.54, 1.807) is 11.3 Å². The number of aliphatic hydroxyl groups excluding tert-OH is 1. The second-order valence-electron chi connectivity index (χ2n) is 4.93. The second-order valence-corrected chi connectivity index (χ2v) is 6.82. The van der Waals surface area contributed by atoms with Gasteiger partial charge in [0, 0.05) is 11.4 Å². The van der Waals surface area contributed by atoms with E-state index in [1.165, 1.54) is 16.2 Å². The highest BCUT2D eigenvalue weighted by Gasteiger charge is 2.10. The standard InChI is InChI=1S/C17H16N2O2S2/c20-14(11-18-17(21)19-16-4-2-10-23-16)12-5-7-13(8-6-12)15-3-1-9-22-15/h1-10,14,20H,11H2,(H2,18,19,21). The summed E-state index contributed by atoms with van der Waals surface area (Å²) in [5.74, 6) is 0. The number of aliphatic hydroxyl groups is 1. The minimum Gasteiger partial charge on any atom is -0.387 e. The number of carbonyl (C=O) groups excluding carboxylic acids is 1. The molecule has 0 radical (unpaired) electrons. The van der Waals surface area contributed by atoms with E-state index in [4.69, 9.17) is 0 Å². The normalized spacial score (nSPS) is 11.9. The Kier molecular flexibility index (Phi) is 5.07. The number of nitrogens with one attached hydrogen (secondary N) is 2. The molecule has 6 heteroatoms. The van der Waals surface area contributed by atoms with Gasteiger partial charge in [0.05, 0.1) is 11.1 Å². The maximum atomic E-state index is 11.7. The average Bonchev–Trinajstić information content (AvgIpc) is 3.26. The number of urea groups is 1. The zero-order valence-corrected chi connectivity index (χ0v) is 13.9. The molecule has 0 bridgehead atoms. The fourth-order valence-electron chi connectivity index (χ4n) is 2.13. The number of amides is 2. The number of rotatable bonds is 5. The number of carbonyl (C=O) groups is 1. The quantitative estimate of drug-likeness (QED) is 0.645. The van der Waals surface area contributed by atoms with Crippen LogP contribution in [0.2, 0.25) is 0 Å². The molecule has 1 aromatic carbocycles. The van der Waals surface area contributed by atoms with Crippen LogP contribution in [0.4, 0.5) is 9.80 Å². The summed E-state index contributed by atoms with van der Waals surface area (Å²) in [6.45, 7) is 0.162. The molecule has 0 spiro atoms. The third-order valence-corrected chi connectivity index (χ3v) is 5.02. The topological polar surface area (TPSA) is 61.4 Å². The summed E-state index contributed by atoms with van der Waals surface area (Å²) in [5, 5.41) is 20.3. The Morgan fingerprint density at radius 1 is 1.04 bits per heavy atom. The fourth-order valence-corrected chi connectivity index (χ4v) is 3.47. The Morgan fingerprint density at radius 2 is 1.78 bits per heavy atom. The molecule has 1 atom stereocenters. The lowest BCUT2D eigenvalue weighted by atomic mass is 10.1. The molecule has 3 N–H and O–H groups in total. The van der Waals surface area contributed by atoms with Crippen LogP contribution in [0, 0.1) is 0 Å². The van der Waals surface area contributed by atoms with Gasteiger partial charge >= 0.3 is 6.03 Å². The van der Waals surface area contributed by atoms with Crippen LogP contribution in [0.15, 0.2) is 59.3 Å². The lowest BCUT2D eigenvalue weighted by Gasteiger charge is -2.13. The molecule has 4 nitrogen and oxygen atoms in total. The molecule has 23 heavy (non-hydrogen) atoms. The SMILES string of the molecule is O=C(NCC(O)c1ccc(-c2cccs2)cc1)Nc1cccs1. The first-order valence-electron chi connectivity index (χ1n) is 7.12. The van der Waals surface area contributed by atoms with E-state index in [9.17, 15) is 9.90 Å². The van der Waals surface area contributed by atoms with E-state index in [1.807, 2.05) is 53.2 Å². The first kappa shape index (κ1) is 15.7. The zero-order valence-electron chi connectivity index (χ0n) is 12.2. The predicted molar refractivity (Wildman–Crippen MR) is 96.1 cm³/mol. The van der Waals surface area contributed by atoms with Crippen molar-refractivity contribution in [2.75, 3.05) is 11.9 Å². The molecule has 0 saturated carbocycles. The zero-order chi connectivity index (χ0) is 16.1. The first-order chi connectivity index (χ1) is 11.2. The van der Waals surface area contributed by atoms with Crippen molar-refractivity contribution < 1.29 is 9.90 Å². The monoisotopic (exact) mass is 344 g/mol. The molecule has 0 aliphatic rings. The van der Waals surface area contributed by atoms with E-state index in [-0.39, 0.29) is 12.6 Å². The Balaban J connectivity index is 1.53. The Hall–Kier alpha value is -2.15.